The first kappa shape index (κ1) is 18.7. The van der Waals surface area contributed by atoms with Gasteiger partial charge < -0.3 is 0 Å². The first-order chi connectivity index (χ1) is 24.7. The van der Waals surface area contributed by atoms with E-state index in [2.05, 4.69) is 78.9 Å². The molecule has 0 nitrogen and oxygen atoms in total. The van der Waals surface area contributed by atoms with Gasteiger partial charge in [0.05, 0.1) is 9.60 Å². The highest BCUT2D eigenvalue weighted by atomic mass is 14.2. The lowest BCUT2D eigenvalue weighted by Crippen LogP contribution is -1.91. The average Bonchev–Trinajstić information content (AvgIpc) is 3.17. The van der Waals surface area contributed by atoms with Crippen LogP contribution in [0.15, 0.2) is 170 Å². The summed E-state index contributed by atoms with van der Waals surface area (Å²) in [4.78, 5) is 0. The maximum atomic E-state index is 9.18. The minimum atomic E-state index is -0.464. The van der Waals surface area contributed by atoms with E-state index in [1.807, 2.05) is 48.5 Å². The van der Waals surface area contributed by atoms with E-state index in [1.54, 1.807) is 0 Å². The predicted octanol–water partition coefficient (Wildman–Crippen LogP) is 12.5. The lowest BCUT2D eigenvalue weighted by molar-refractivity contribution is 1.66. The van der Waals surface area contributed by atoms with Crippen LogP contribution in [0.5, 0.6) is 0 Å². The van der Waals surface area contributed by atoms with Crippen molar-refractivity contribution >= 4 is 53.9 Å². The fourth-order valence-electron chi connectivity index (χ4n) is 6.66. The summed E-state index contributed by atoms with van der Waals surface area (Å²) < 4.78 is 61.1. The maximum Gasteiger partial charge on any atom is 0.0629 e. The summed E-state index contributed by atoms with van der Waals surface area (Å²) in [6, 6.07) is 41.1. The molecule has 9 aromatic carbocycles. The molecule has 0 aliphatic rings. The molecule has 0 saturated heterocycles. The fraction of sp³-hybridized carbons (Fsp3) is 0. The van der Waals surface area contributed by atoms with E-state index in [-0.39, 0.29) is 46.5 Å². The van der Waals surface area contributed by atoms with Gasteiger partial charge in [0.1, 0.15) is 0 Å². The van der Waals surface area contributed by atoms with Crippen molar-refractivity contribution in [2.45, 2.75) is 0 Å². The minimum Gasteiger partial charge on any atom is -0.0616 e. The maximum absolute atomic E-state index is 9.18. The minimum absolute atomic E-state index is 0.0500. The second kappa shape index (κ2) is 9.93. The Hall–Kier alpha value is -5.72. The number of benzene rings is 9. The molecule has 0 heteroatoms. The van der Waals surface area contributed by atoms with Gasteiger partial charge in [-0.25, -0.2) is 0 Å². The van der Waals surface area contributed by atoms with Gasteiger partial charge in [0.25, 0.3) is 0 Å². The van der Waals surface area contributed by atoms with E-state index < -0.39 is 12.1 Å². The van der Waals surface area contributed by atoms with Crippen LogP contribution in [0.25, 0.3) is 87.2 Å². The Morgan fingerprint density at radius 1 is 0.318 bits per heavy atom. The van der Waals surface area contributed by atoms with Gasteiger partial charge in [0, 0.05) is 0 Å². The normalized spacial score (nSPS) is 13.9. The SMILES string of the molecule is [2H]c1c([2H])c([2H])c2c(-c3c4ccccc4c(-c4ccc5ccc(-c6ccc7ccccc7c6)cc5c4)c4ccccc34)c([2H])c([2H])c([2H])c2c1[2H]. The van der Waals surface area contributed by atoms with E-state index in [0.29, 0.717) is 5.56 Å². The Morgan fingerprint density at radius 3 is 1.52 bits per heavy atom. The highest BCUT2D eigenvalue weighted by Crippen LogP contribution is 2.45. The van der Waals surface area contributed by atoms with Crippen molar-refractivity contribution in [1.29, 1.82) is 0 Å². The lowest BCUT2D eigenvalue weighted by atomic mass is 9.84. The molecule has 0 aromatic heterocycles. The van der Waals surface area contributed by atoms with Gasteiger partial charge in [-0.3, -0.25) is 0 Å². The van der Waals surface area contributed by atoms with Crippen LogP contribution in [0.4, 0.5) is 0 Å². The van der Waals surface area contributed by atoms with Crippen molar-refractivity contribution in [3.63, 3.8) is 0 Å². The highest BCUT2D eigenvalue weighted by Gasteiger charge is 2.18. The molecule has 0 saturated carbocycles. The van der Waals surface area contributed by atoms with Crippen molar-refractivity contribution in [3.05, 3.63) is 170 Å². The Morgan fingerprint density at radius 2 is 0.818 bits per heavy atom. The molecule has 0 aliphatic carbocycles. The highest BCUT2D eigenvalue weighted by molar-refractivity contribution is 6.23. The van der Waals surface area contributed by atoms with E-state index >= 15 is 0 Å². The average molecular weight is 564 g/mol. The van der Waals surface area contributed by atoms with Crippen LogP contribution in [0, 0.1) is 0 Å². The molecule has 0 spiro atoms. The molecule has 204 valence electrons. The molecule has 0 heterocycles. The lowest BCUT2D eigenvalue weighted by Gasteiger charge is -2.19. The number of rotatable bonds is 3. The molecular formula is C44H28. The molecule has 0 bridgehead atoms. The number of hydrogen-bond donors (Lipinski definition) is 0. The van der Waals surface area contributed by atoms with Gasteiger partial charge >= 0.3 is 0 Å². The molecule has 0 N–H and O–H groups in total. The summed E-state index contributed by atoms with van der Waals surface area (Å²) in [5.41, 5.74) is 5.12. The first-order valence-electron chi connectivity index (χ1n) is 18.2. The molecule has 44 heavy (non-hydrogen) atoms. The molecule has 0 aliphatic heterocycles. The van der Waals surface area contributed by atoms with Crippen LogP contribution in [0.3, 0.4) is 0 Å². The summed E-state index contributed by atoms with van der Waals surface area (Å²) in [6.07, 6.45) is 0. The van der Waals surface area contributed by atoms with Crippen LogP contribution in [0.1, 0.15) is 9.60 Å². The third-order valence-electron chi connectivity index (χ3n) is 8.71. The van der Waals surface area contributed by atoms with Crippen LogP contribution in [0.2, 0.25) is 0 Å². The van der Waals surface area contributed by atoms with Crippen molar-refractivity contribution in [3.8, 4) is 33.4 Å². The van der Waals surface area contributed by atoms with E-state index in [1.165, 1.54) is 10.8 Å². The summed E-state index contributed by atoms with van der Waals surface area (Å²) in [5, 5.41) is 8.03. The Labute approximate surface area is 266 Å². The van der Waals surface area contributed by atoms with Gasteiger partial charge in [0.2, 0.25) is 0 Å². The largest absolute Gasteiger partial charge is 0.0629 e. The van der Waals surface area contributed by atoms with Crippen LogP contribution in [-0.2, 0) is 0 Å². The Bertz CT molecular complexity index is 2880. The second-order valence-electron chi connectivity index (χ2n) is 11.2. The summed E-state index contributed by atoms with van der Waals surface area (Å²) in [6.45, 7) is 0. The molecule has 0 unspecified atom stereocenters. The fourth-order valence-corrected chi connectivity index (χ4v) is 6.66. The number of fused-ring (bicyclic) bond motifs is 5. The van der Waals surface area contributed by atoms with Crippen molar-refractivity contribution in [2.24, 2.45) is 0 Å². The second-order valence-corrected chi connectivity index (χ2v) is 11.2. The summed E-state index contributed by atoms with van der Waals surface area (Å²) >= 11 is 0. The molecule has 0 amide bonds. The van der Waals surface area contributed by atoms with Crippen LogP contribution in [-0.4, -0.2) is 0 Å². The topological polar surface area (TPSA) is 0 Å². The van der Waals surface area contributed by atoms with E-state index in [0.717, 1.165) is 54.6 Å². The molecular weight excluding hydrogens is 528 g/mol. The molecule has 0 fully saturated rings. The summed E-state index contributed by atoms with van der Waals surface area (Å²) in [5.74, 6) is 0. The smallest absolute Gasteiger partial charge is 0.0616 e. The van der Waals surface area contributed by atoms with Gasteiger partial charge in [-0.15, -0.1) is 0 Å². The van der Waals surface area contributed by atoms with Crippen molar-refractivity contribution in [2.75, 3.05) is 0 Å². The number of hydrogen-bond acceptors (Lipinski definition) is 0. The van der Waals surface area contributed by atoms with Gasteiger partial charge in [-0.2, -0.15) is 0 Å². The molecule has 9 rings (SSSR count). The third-order valence-corrected chi connectivity index (χ3v) is 8.71. The zero-order valence-corrected chi connectivity index (χ0v) is 23.6. The predicted molar refractivity (Wildman–Crippen MR) is 190 cm³/mol. The Balaban J connectivity index is 1.34. The molecule has 0 radical (unpaired) electrons. The standard InChI is InChI=1S/C44H28/c1-2-12-32-26-33(23-20-29(32)10-1)34-24-21-30-22-25-35(28-36(30)27-34)43-39-15-5-7-17-41(39)44(42-18-8-6-16-40(42)43)38-19-9-13-31-11-3-4-14-37(31)38/h1-28H/i3D,4D,9D,11D,13D,14D,19D. The Kier molecular flexibility index (Phi) is 4.23. The third kappa shape index (κ3) is 3.92. The van der Waals surface area contributed by atoms with Gasteiger partial charge in [-0.05, 0) is 105 Å². The quantitative estimate of drug-likeness (QED) is 0.188. The monoisotopic (exact) mass is 563 g/mol. The van der Waals surface area contributed by atoms with Crippen LogP contribution < -0.4 is 0 Å². The summed E-state index contributed by atoms with van der Waals surface area (Å²) in [7, 11) is 0. The van der Waals surface area contributed by atoms with Crippen molar-refractivity contribution in [1.82, 2.24) is 0 Å². The van der Waals surface area contributed by atoms with Gasteiger partial charge in [0.15, 0.2) is 0 Å². The molecule has 0 atom stereocenters. The zero-order valence-electron chi connectivity index (χ0n) is 30.6. The molecule has 9 aromatic rings. The van der Waals surface area contributed by atoms with E-state index in [9.17, 15) is 1.37 Å². The van der Waals surface area contributed by atoms with Crippen LogP contribution >= 0.6 is 0 Å². The van der Waals surface area contributed by atoms with Crippen molar-refractivity contribution < 1.29 is 9.60 Å². The van der Waals surface area contributed by atoms with E-state index in [4.69, 9.17) is 8.22 Å². The first-order valence-corrected chi connectivity index (χ1v) is 14.7. The zero-order chi connectivity index (χ0) is 35.1. The van der Waals surface area contributed by atoms with Gasteiger partial charge in [-0.1, -0.05) is 151 Å².